The van der Waals surface area contributed by atoms with Gasteiger partial charge in [-0.3, -0.25) is 9.59 Å². The third-order valence-corrected chi connectivity index (χ3v) is 2.97. The third kappa shape index (κ3) is 4.36. The van der Waals surface area contributed by atoms with Crippen LogP contribution in [-0.4, -0.2) is 10.5 Å². The van der Waals surface area contributed by atoms with Gasteiger partial charge in [0.25, 0.3) is 11.5 Å². The van der Waals surface area contributed by atoms with E-state index in [0.29, 0.717) is 13.1 Å². The van der Waals surface area contributed by atoms with Crippen molar-refractivity contribution in [1.29, 1.82) is 0 Å². The van der Waals surface area contributed by atoms with Crippen LogP contribution in [0.4, 0.5) is 0 Å². The van der Waals surface area contributed by atoms with E-state index in [2.05, 4.69) is 17.2 Å². The van der Waals surface area contributed by atoms with Crippen molar-refractivity contribution < 1.29 is 4.79 Å². The van der Waals surface area contributed by atoms with Crippen LogP contribution in [-0.2, 0) is 17.9 Å². The predicted molar refractivity (Wildman–Crippen MR) is 81.5 cm³/mol. The van der Waals surface area contributed by atoms with Gasteiger partial charge in [0.1, 0.15) is 0 Å². The maximum Gasteiger partial charge on any atom is 0.296 e. The molecule has 1 aromatic carbocycles. The Kier molecular flexibility index (Phi) is 4.94. The molecule has 0 bridgehead atoms. The molecule has 106 valence electrons. The van der Waals surface area contributed by atoms with E-state index in [1.807, 2.05) is 30.3 Å². The van der Waals surface area contributed by atoms with Crippen LogP contribution in [0.2, 0.25) is 0 Å². The van der Waals surface area contributed by atoms with Gasteiger partial charge in [-0.1, -0.05) is 36.3 Å². The summed E-state index contributed by atoms with van der Waals surface area (Å²) in [6.45, 7) is 2.60. The number of pyridine rings is 1. The minimum atomic E-state index is -0.280. The van der Waals surface area contributed by atoms with E-state index < -0.39 is 0 Å². The van der Waals surface area contributed by atoms with E-state index in [0.717, 1.165) is 11.1 Å². The maximum absolute atomic E-state index is 11.6. The van der Waals surface area contributed by atoms with Gasteiger partial charge < -0.3 is 9.88 Å². The molecule has 4 nitrogen and oxygen atoms in total. The van der Waals surface area contributed by atoms with Crippen LogP contribution in [0, 0.1) is 11.8 Å². The molecule has 0 fully saturated rings. The van der Waals surface area contributed by atoms with Crippen molar-refractivity contribution in [3.8, 4) is 11.8 Å². The molecule has 0 aliphatic rings. The Labute approximate surface area is 123 Å². The number of carbonyl (C=O) groups is 1. The average Bonchev–Trinajstić information content (AvgIpc) is 2.49. The highest BCUT2D eigenvalue weighted by molar-refractivity contribution is 5.93. The molecule has 0 aliphatic carbocycles. The van der Waals surface area contributed by atoms with Crippen molar-refractivity contribution in [3.63, 3.8) is 0 Å². The molecule has 0 saturated heterocycles. The highest BCUT2D eigenvalue weighted by Crippen LogP contribution is 2.05. The highest BCUT2D eigenvalue weighted by atomic mass is 16.1. The topological polar surface area (TPSA) is 51.1 Å². The molecule has 2 aromatic rings. The number of hydrogen-bond acceptors (Lipinski definition) is 2. The van der Waals surface area contributed by atoms with Gasteiger partial charge in [-0.15, -0.1) is 0 Å². The van der Waals surface area contributed by atoms with Crippen LogP contribution in [0.5, 0.6) is 0 Å². The molecule has 0 unspecified atom stereocenters. The molecule has 0 spiro atoms. The lowest BCUT2D eigenvalue weighted by Gasteiger charge is -2.07. The lowest BCUT2D eigenvalue weighted by Crippen LogP contribution is -2.20. The Morgan fingerprint density at radius 3 is 2.52 bits per heavy atom. The SMILES string of the molecule is CC#CC(=O)NCc1ccc(Cn2ccccc2=O)cc1. The van der Waals surface area contributed by atoms with Gasteiger partial charge in [0, 0.05) is 18.8 Å². The average molecular weight is 280 g/mol. The van der Waals surface area contributed by atoms with Gasteiger partial charge in [0.15, 0.2) is 0 Å². The van der Waals surface area contributed by atoms with E-state index in [-0.39, 0.29) is 11.5 Å². The molecule has 0 radical (unpaired) electrons. The summed E-state index contributed by atoms with van der Waals surface area (Å²) in [6.07, 6.45) is 1.76. The van der Waals surface area contributed by atoms with E-state index in [1.54, 1.807) is 29.8 Å². The second kappa shape index (κ2) is 7.11. The number of nitrogens with one attached hydrogen (secondary N) is 1. The van der Waals surface area contributed by atoms with Crippen molar-refractivity contribution in [3.05, 3.63) is 70.1 Å². The molecule has 0 saturated carbocycles. The second-order valence-corrected chi connectivity index (χ2v) is 4.54. The molecule has 1 amide bonds. The molecule has 4 heteroatoms. The van der Waals surface area contributed by atoms with Crippen LogP contribution in [0.25, 0.3) is 0 Å². The summed E-state index contributed by atoms with van der Waals surface area (Å²) in [7, 11) is 0. The summed E-state index contributed by atoms with van der Waals surface area (Å²) >= 11 is 0. The van der Waals surface area contributed by atoms with Crippen molar-refractivity contribution in [1.82, 2.24) is 9.88 Å². The fraction of sp³-hybridized carbons (Fsp3) is 0.176. The summed E-state index contributed by atoms with van der Waals surface area (Å²) in [5, 5.41) is 2.71. The van der Waals surface area contributed by atoms with Gasteiger partial charge in [0.05, 0.1) is 6.54 Å². The zero-order valence-electron chi connectivity index (χ0n) is 11.8. The highest BCUT2D eigenvalue weighted by Gasteiger charge is 1.99. The molecule has 1 N–H and O–H groups in total. The van der Waals surface area contributed by atoms with Crippen LogP contribution in [0.3, 0.4) is 0 Å². The minimum absolute atomic E-state index is 0.0213. The lowest BCUT2D eigenvalue weighted by atomic mass is 10.1. The van der Waals surface area contributed by atoms with E-state index in [4.69, 9.17) is 0 Å². The number of carbonyl (C=O) groups excluding carboxylic acids is 1. The molecular formula is C17H16N2O2. The Morgan fingerprint density at radius 2 is 1.86 bits per heavy atom. The third-order valence-electron chi connectivity index (χ3n) is 2.97. The van der Waals surface area contributed by atoms with Crippen LogP contribution in [0.15, 0.2) is 53.5 Å². The molecule has 0 atom stereocenters. The first kappa shape index (κ1) is 14.6. The fourth-order valence-corrected chi connectivity index (χ4v) is 1.89. The number of amides is 1. The lowest BCUT2D eigenvalue weighted by molar-refractivity contribution is -0.115. The summed E-state index contributed by atoms with van der Waals surface area (Å²) in [6, 6.07) is 12.9. The summed E-state index contributed by atoms with van der Waals surface area (Å²) in [4.78, 5) is 22.9. The minimum Gasteiger partial charge on any atom is -0.341 e. The number of benzene rings is 1. The van der Waals surface area contributed by atoms with Crippen molar-refractivity contribution >= 4 is 5.91 Å². The molecular weight excluding hydrogens is 264 g/mol. The molecule has 21 heavy (non-hydrogen) atoms. The quantitative estimate of drug-likeness (QED) is 0.864. The summed E-state index contributed by atoms with van der Waals surface area (Å²) < 4.78 is 1.65. The standard InChI is InChI=1S/C17H16N2O2/c1-2-5-16(20)18-12-14-7-9-15(10-8-14)13-19-11-4-3-6-17(19)21/h3-4,6-11H,12-13H2,1H3,(H,18,20). The smallest absolute Gasteiger partial charge is 0.296 e. The predicted octanol–water partition coefficient (Wildman–Crippen LogP) is 1.54. The molecule has 1 aromatic heterocycles. The van der Waals surface area contributed by atoms with Crippen LogP contribution in [0.1, 0.15) is 18.1 Å². The van der Waals surface area contributed by atoms with E-state index >= 15 is 0 Å². The van der Waals surface area contributed by atoms with Crippen molar-refractivity contribution in [2.75, 3.05) is 0 Å². The van der Waals surface area contributed by atoms with Gasteiger partial charge >= 0.3 is 0 Å². The summed E-state index contributed by atoms with van der Waals surface area (Å²) in [5.41, 5.74) is 2.00. The van der Waals surface area contributed by atoms with Gasteiger partial charge in [-0.05, 0) is 30.0 Å². The number of rotatable bonds is 4. The molecule has 2 rings (SSSR count). The monoisotopic (exact) mass is 280 g/mol. The first-order chi connectivity index (χ1) is 10.2. The Morgan fingerprint density at radius 1 is 1.14 bits per heavy atom. The maximum atomic E-state index is 11.6. The van der Waals surface area contributed by atoms with Gasteiger partial charge in [0.2, 0.25) is 0 Å². The number of hydrogen-bond donors (Lipinski definition) is 1. The molecule has 1 heterocycles. The van der Waals surface area contributed by atoms with Crippen molar-refractivity contribution in [2.45, 2.75) is 20.0 Å². The number of nitrogens with zero attached hydrogens (tertiary/aromatic N) is 1. The zero-order chi connectivity index (χ0) is 15.1. The van der Waals surface area contributed by atoms with Gasteiger partial charge in [-0.25, -0.2) is 0 Å². The van der Waals surface area contributed by atoms with Crippen LogP contribution >= 0.6 is 0 Å². The largest absolute Gasteiger partial charge is 0.341 e. The van der Waals surface area contributed by atoms with Gasteiger partial charge in [-0.2, -0.15) is 0 Å². The normalized spacial score (nSPS) is 9.57. The fourth-order valence-electron chi connectivity index (χ4n) is 1.89. The Balaban J connectivity index is 1.99. The van der Waals surface area contributed by atoms with E-state index in [1.165, 1.54) is 0 Å². The second-order valence-electron chi connectivity index (χ2n) is 4.54. The van der Waals surface area contributed by atoms with Crippen LogP contribution < -0.4 is 10.9 Å². The first-order valence-corrected chi connectivity index (χ1v) is 6.63. The first-order valence-electron chi connectivity index (χ1n) is 6.63. The number of aromatic nitrogens is 1. The Hall–Kier alpha value is -2.80. The van der Waals surface area contributed by atoms with E-state index in [9.17, 15) is 9.59 Å². The van der Waals surface area contributed by atoms with Crippen molar-refractivity contribution in [2.24, 2.45) is 0 Å². The summed E-state index contributed by atoms with van der Waals surface area (Å²) in [5.74, 6) is 4.70. The zero-order valence-corrected chi connectivity index (χ0v) is 11.8. The molecule has 0 aliphatic heterocycles. The Bertz CT molecular complexity index is 734.